The van der Waals surface area contributed by atoms with Crippen LogP contribution in [0.1, 0.15) is 12.8 Å². The lowest BCUT2D eigenvalue weighted by Crippen LogP contribution is -2.37. The number of likely N-dealkylation sites (N-methyl/N-ethyl adjacent to an activating group) is 1. The maximum Gasteiger partial charge on any atom is 0.238 e. The standard InChI is InChI=1S/C17H24Cl2N2O4/c1-21(8-13(22)10-24-11-14-3-2-6-25-14)9-17(23)20-12-4-5-15(18)16(19)7-12/h4-5,7,13-14,22H,2-3,6,8-11H2,1H3,(H,20,23). The van der Waals surface area contributed by atoms with E-state index in [9.17, 15) is 9.90 Å². The van der Waals surface area contributed by atoms with Crippen molar-refractivity contribution < 1.29 is 19.4 Å². The molecule has 1 fully saturated rings. The van der Waals surface area contributed by atoms with Crippen molar-refractivity contribution in [1.29, 1.82) is 0 Å². The monoisotopic (exact) mass is 390 g/mol. The minimum Gasteiger partial charge on any atom is -0.389 e. The van der Waals surface area contributed by atoms with Crippen LogP contribution in [0, 0.1) is 0 Å². The van der Waals surface area contributed by atoms with Crippen LogP contribution in [0.15, 0.2) is 18.2 Å². The number of hydrogen-bond donors (Lipinski definition) is 2. The Balaban J connectivity index is 1.64. The summed E-state index contributed by atoms with van der Waals surface area (Å²) in [5, 5.41) is 13.5. The van der Waals surface area contributed by atoms with Crippen LogP contribution in [-0.2, 0) is 14.3 Å². The predicted octanol–water partition coefficient (Wildman–Crippen LogP) is 2.42. The summed E-state index contributed by atoms with van der Waals surface area (Å²) in [6.45, 7) is 1.98. The van der Waals surface area contributed by atoms with Crippen LogP contribution in [0.4, 0.5) is 5.69 Å². The summed E-state index contributed by atoms with van der Waals surface area (Å²) in [6, 6.07) is 4.90. The molecule has 0 saturated carbocycles. The Morgan fingerprint density at radius 1 is 1.48 bits per heavy atom. The molecule has 1 saturated heterocycles. The van der Waals surface area contributed by atoms with Crippen LogP contribution in [-0.4, -0.2) is 68.1 Å². The van der Waals surface area contributed by atoms with Gasteiger partial charge in [0.15, 0.2) is 0 Å². The third kappa shape index (κ3) is 7.48. The third-order valence-corrected chi connectivity index (χ3v) is 4.52. The number of rotatable bonds is 9. The van der Waals surface area contributed by atoms with Gasteiger partial charge in [0.2, 0.25) is 5.91 Å². The molecule has 0 bridgehead atoms. The second kappa shape index (κ2) is 10.3. The number of ether oxygens (including phenoxy) is 2. The average molecular weight is 391 g/mol. The summed E-state index contributed by atoms with van der Waals surface area (Å²) in [5.41, 5.74) is 0.577. The Morgan fingerprint density at radius 2 is 2.28 bits per heavy atom. The maximum absolute atomic E-state index is 12.0. The summed E-state index contributed by atoms with van der Waals surface area (Å²) >= 11 is 11.8. The molecule has 2 unspecified atom stereocenters. The van der Waals surface area contributed by atoms with Gasteiger partial charge in [-0.15, -0.1) is 0 Å². The van der Waals surface area contributed by atoms with E-state index in [0.29, 0.717) is 28.9 Å². The van der Waals surface area contributed by atoms with E-state index in [1.165, 1.54) is 0 Å². The summed E-state index contributed by atoms with van der Waals surface area (Å²) < 4.78 is 10.9. The van der Waals surface area contributed by atoms with Gasteiger partial charge in [0, 0.05) is 18.8 Å². The number of anilines is 1. The highest BCUT2D eigenvalue weighted by molar-refractivity contribution is 6.42. The van der Waals surface area contributed by atoms with Crippen LogP contribution in [0.3, 0.4) is 0 Å². The van der Waals surface area contributed by atoms with Gasteiger partial charge in [0.25, 0.3) is 0 Å². The second-order valence-electron chi connectivity index (χ2n) is 6.20. The van der Waals surface area contributed by atoms with Crippen LogP contribution in [0.25, 0.3) is 0 Å². The number of amides is 1. The Bertz CT molecular complexity index is 568. The van der Waals surface area contributed by atoms with Gasteiger partial charge in [0.05, 0.1) is 42.0 Å². The maximum atomic E-state index is 12.0. The first-order chi connectivity index (χ1) is 11.9. The van der Waals surface area contributed by atoms with E-state index in [2.05, 4.69) is 5.32 Å². The van der Waals surface area contributed by atoms with Gasteiger partial charge in [-0.2, -0.15) is 0 Å². The van der Waals surface area contributed by atoms with Crippen LogP contribution < -0.4 is 5.32 Å². The van der Waals surface area contributed by atoms with Crippen LogP contribution in [0.5, 0.6) is 0 Å². The van der Waals surface area contributed by atoms with E-state index in [4.69, 9.17) is 32.7 Å². The largest absolute Gasteiger partial charge is 0.389 e. The predicted molar refractivity (Wildman–Crippen MR) is 98.4 cm³/mol. The molecular weight excluding hydrogens is 367 g/mol. The van der Waals surface area contributed by atoms with Crippen molar-refractivity contribution in [3.63, 3.8) is 0 Å². The fourth-order valence-electron chi connectivity index (χ4n) is 2.61. The molecule has 0 aliphatic carbocycles. The van der Waals surface area contributed by atoms with Gasteiger partial charge >= 0.3 is 0 Å². The van der Waals surface area contributed by atoms with Gasteiger partial charge in [-0.1, -0.05) is 23.2 Å². The third-order valence-electron chi connectivity index (χ3n) is 3.78. The first-order valence-corrected chi connectivity index (χ1v) is 9.00. The zero-order valence-corrected chi connectivity index (χ0v) is 15.7. The van der Waals surface area contributed by atoms with Gasteiger partial charge in [-0.05, 0) is 38.1 Å². The van der Waals surface area contributed by atoms with Gasteiger partial charge in [0.1, 0.15) is 0 Å². The van der Waals surface area contributed by atoms with Gasteiger partial charge in [-0.25, -0.2) is 0 Å². The van der Waals surface area contributed by atoms with Crippen molar-refractivity contribution >= 4 is 34.8 Å². The summed E-state index contributed by atoms with van der Waals surface area (Å²) in [6.07, 6.45) is 1.55. The smallest absolute Gasteiger partial charge is 0.238 e. The molecule has 2 atom stereocenters. The average Bonchev–Trinajstić information content (AvgIpc) is 3.04. The lowest BCUT2D eigenvalue weighted by atomic mass is 10.2. The van der Waals surface area contributed by atoms with Crippen molar-refractivity contribution in [2.24, 2.45) is 0 Å². The molecule has 1 aromatic carbocycles. The van der Waals surface area contributed by atoms with E-state index in [1.54, 1.807) is 30.1 Å². The highest BCUT2D eigenvalue weighted by atomic mass is 35.5. The van der Waals surface area contributed by atoms with Crippen molar-refractivity contribution in [3.05, 3.63) is 28.2 Å². The Kier molecular flexibility index (Phi) is 8.42. The molecule has 1 aliphatic rings. The zero-order valence-electron chi connectivity index (χ0n) is 14.2. The van der Waals surface area contributed by atoms with Crippen molar-refractivity contribution in [3.8, 4) is 0 Å². The Morgan fingerprint density at radius 3 is 2.96 bits per heavy atom. The van der Waals surface area contributed by atoms with E-state index in [-0.39, 0.29) is 25.2 Å². The number of aliphatic hydroxyl groups excluding tert-OH is 1. The first-order valence-electron chi connectivity index (χ1n) is 8.25. The molecule has 1 amide bonds. The quantitative estimate of drug-likeness (QED) is 0.677. The fraction of sp³-hybridized carbons (Fsp3) is 0.588. The van der Waals surface area contributed by atoms with Gasteiger partial charge < -0.3 is 19.9 Å². The molecule has 1 heterocycles. The lowest BCUT2D eigenvalue weighted by molar-refractivity contribution is -0.117. The highest BCUT2D eigenvalue weighted by Crippen LogP contribution is 2.24. The molecule has 2 rings (SSSR count). The van der Waals surface area contributed by atoms with Crippen molar-refractivity contribution in [2.45, 2.75) is 25.0 Å². The minimum absolute atomic E-state index is 0.141. The molecule has 6 nitrogen and oxygen atoms in total. The van der Waals surface area contributed by atoms with E-state index >= 15 is 0 Å². The number of benzene rings is 1. The Hall–Kier alpha value is -0.890. The number of halogens is 2. The summed E-state index contributed by atoms with van der Waals surface area (Å²) in [4.78, 5) is 13.8. The second-order valence-corrected chi connectivity index (χ2v) is 7.01. The molecular formula is C17H24Cl2N2O4. The lowest BCUT2D eigenvalue weighted by Gasteiger charge is -2.20. The molecule has 8 heteroatoms. The SMILES string of the molecule is CN(CC(=O)Nc1ccc(Cl)c(Cl)c1)CC(O)COCC1CCCO1. The van der Waals surface area contributed by atoms with Gasteiger partial charge in [-0.3, -0.25) is 9.69 Å². The summed E-state index contributed by atoms with van der Waals surface area (Å²) in [5.74, 6) is -0.201. The van der Waals surface area contributed by atoms with Crippen molar-refractivity contribution in [1.82, 2.24) is 4.90 Å². The molecule has 1 aromatic rings. The molecule has 140 valence electrons. The topological polar surface area (TPSA) is 71.0 Å². The number of carbonyl (C=O) groups is 1. The first kappa shape index (κ1) is 20.4. The van der Waals surface area contributed by atoms with Crippen molar-refractivity contribution in [2.75, 3.05) is 45.3 Å². The highest BCUT2D eigenvalue weighted by Gasteiger charge is 2.17. The van der Waals surface area contributed by atoms with E-state index in [1.807, 2.05) is 0 Å². The number of nitrogens with zero attached hydrogens (tertiary/aromatic N) is 1. The Labute approximate surface area is 158 Å². The molecule has 2 N–H and O–H groups in total. The number of nitrogens with one attached hydrogen (secondary N) is 1. The number of hydrogen-bond acceptors (Lipinski definition) is 5. The fourth-order valence-corrected chi connectivity index (χ4v) is 2.91. The molecule has 0 aromatic heterocycles. The molecule has 25 heavy (non-hydrogen) atoms. The molecule has 1 aliphatic heterocycles. The van der Waals surface area contributed by atoms with Crippen LogP contribution >= 0.6 is 23.2 Å². The number of aliphatic hydroxyl groups is 1. The number of carbonyl (C=O) groups excluding carboxylic acids is 1. The zero-order chi connectivity index (χ0) is 18.2. The molecule has 0 spiro atoms. The molecule has 0 radical (unpaired) electrons. The van der Waals surface area contributed by atoms with Crippen LogP contribution in [0.2, 0.25) is 10.0 Å². The minimum atomic E-state index is -0.663. The van der Waals surface area contributed by atoms with E-state index < -0.39 is 6.10 Å². The van der Waals surface area contributed by atoms with E-state index in [0.717, 1.165) is 19.4 Å². The normalized spacial score (nSPS) is 18.5. The summed E-state index contributed by atoms with van der Waals surface area (Å²) in [7, 11) is 1.76.